The Balaban J connectivity index is 2.69. The fourth-order valence-electron chi connectivity index (χ4n) is 1.49. The van der Waals surface area contributed by atoms with E-state index in [2.05, 4.69) is 17.0 Å². The van der Waals surface area contributed by atoms with Gasteiger partial charge in [-0.3, -0.25) is 0 Å². The predicted octanol–water partition coefficient (Wildman–Crippen LogP) is 3.31. The standard InChI is InChI=1S/C13H17F2NO2S/c1-3-19-6-4-5-16-12-7-9(13(17)18-2)10(14)8-11(12)15/h7-8,16H,3-6H2,1-2H3. The summed E-state index contributed by atoms with van der Waals surface area (Å²) in [5.41, 5.74) is -0.155. The molecule has 0 saturated carbocycles. The van der Waals surface area contributed by atoms with Crippen molar-refractivity contribution in [3.63, 3.8) is 0 Å². The van der Waals surface area contributed by atoms with Crippen molar-refractivity contribution in [3.8, 4) is 0 Å². The first-order valence-corrected chi connectivity index (χ1v) is 7.14. The van der Waals surface area contributed by atoms with Crippen LogP contribution in [-0.4, -0.2) is 31.1 Å². The van der Waals surface area contributed by atoms with Gasteiger partial charge in [-0.15, -0.1) is 0 Å². The van der Waals surface area contributed by atoms with Crippen LogP contribution in [0, 0.1) is 11.6 Å². The van der Waals surface area contributed by atoms with Crippen LogP contribution in [-0.2, 0) is 4.74 Å². The Morgan fingerprint density at radius 1 is 1.37 bits per heavy atom. The molecular weight excluding hydrogens is 272 g/mol. The molecule has 0 heterocycles. The summed E-state index contributed by atoms with van der Waals surface area (Å²) in [5.74, 6) is -0.445. The average molecular weight is 289 g/mol. The number of carbonyl (C=O) groups excluding carboxylic acids is 1. The van der Waals surface area contributed by atoms with E-state index in [9.17, 15) is 13.6 Å². The molecule has 1 aromatic carbocycles. The minimum Gasteiger partial charge on any atom is -0.465 e. The molecule has 0 spiro atoms. The van der Waals surface area contributed by atoms with E-state index in [0.717, 1.165) is 31.1 Å². The molecule has 1 N–H and O–H groups in total. The van der Waals surface area contributed by atoms with Crippen molar-refractivity contribution >= 4 is 23.4 Å². The number of anilines is 1. The average Bonchev–Trinajstić information content (AvgIpc) is 2.39. The Hall–Kier alpha value is -1.30. The SMILES string of the molecule is CCSCCCNc1cc(C(=O)OC)c(F)cc1F. The Kier molecular flexibility index (Phi) is 6.62. The largest absolute Gasteiger partial charge is 0.465 e. The summed E-state index contributed by atoms with van der Waals surface area (Å²) < 4.78 is 31.3. The molecule has 0 atom stereocenters. The van der Waals surface area contributed by atoms with Gasteiger partial charge in [-0.2, -0.15) is 11.8 Å². The first kappa shape index (κ1) is 15.8. The molecule has 0 saturated heterocycles. The van der Waals surface area contributed by atoms with Crippen LogP contribution in [0.1, 0.15) is 23.7 Å². The van der Waals surface area contributed by atoms with Gasteiger partial charge in [-0.25, -0.2) is 13.6 Å². The van der Waals surface area contributed by atoms with Crippen molar-refractivity contribution < 1.29 is 18.3 Å². The number of nitrogens with one attached hydrogen (secondary N) is 1. The zero-order valence-corrected chi connectivity index (χ0v) is 11.8. The number of carbonyl (C=O) groups is 1. The molecule has 19 heavy (non-hydrogen) atoms. The van der Waals surface area contributed by atoms with Crippen LogP contribution in [0.25, 0.3) is 0 Å². The van der Waals surface area contributed by atoms with Crippen molar-refractivity contribution in [2.24, 2.45) is 0 Å². The van der Waals surface area contributed by atoms with E-state index < -0.39 is 17.6 Å². The first-order valence-electron chi connectivity index (χ1n) is 5.99. The zero-order valence-electron chi connectivity index (χ0n) is 11.0. The van der Waals surface area contributed by atoms with Crippen molar-refractivity contribution in [3.05, 3.63) is 29.3 Å². The summed E-state index contributed by atoms with van der Waals surface area (Å²) in [4.78, 5) is 11.3. The van der Waals surface area contributed by atoms with E-state index in [1.807, 2.05) is 0 Å². The summed E-state index contributed by atoms with van der Waals surface area (Å²) in [6.07, 6.45) is 0.864. The number of halogens is 2. The Labute approximate surface area is 115 Å². The molecule has 106 valence electrons. The lowest BCUT2D eigenvalue weighted by Gasteiger charge is -2.09. The maximum Gasteiger partial charge on any atom is 0.340 e. The number of methoxy groups -OCH3 is 1. The van der Waals surface area contributed by atoms with Gasteiger partial charge in [0.1, 0.15) is 11.6 Å². The fraction of sp³-hybridized carbons (Fsp3) is 0.462. The number of esters is 1. The second-order valence-electron chi connectivity index (χ2n) is 3.78. The molecule has 1 rings (SSSR count). The molecule has 3 nitrogen and oxygen atoms in total. The van der Waals surface area contributed by atoms with E-state index in [1.165, 1.54) is 0 Å². The van der Waals surface area contributed by atoms with E-state index in [1.54, 1.807) is 11.8 Å². The summed E-state index contributed by atoms with van der Waals surface area (Å²) in [7, 11) is 1.15. The quantitative estimate of drug-likeness (QED) is 0.617. The molecule has 0 aromatic heterocycles. The third kappa shape index (κ3) is 4.70. The summed E-state index contributed by atoms with van der Waals surface area (Å²) in [6.45, 7) is 2.64. The number of hydrogen-bond donors (Lipinski definition) is 1. The lowest BCUT2D eigenvalue weighted by Crippen LogP contribution is -2.09. The lowest BCUT2D eigenvalue weighted by molar-refractivity contribution is 0.0595. The molecule has 0 fully saturated rings. The van der Waals surface area contributed by atoms with Gasteiger partial charge in [0.05, 0.1) is 18.4 Å². The second-order valence-corrected chi connectivity index (χ2v) is 5.17. The third-order valence-electron chi connectivity index (χ3n) is 2.45. The van der Waals surface area contributed by atoms with Crippen LogP contribution in [0.4, 0.5) is 14.5 Å². The molecule has 0 aliphatic rings. The molecule has 0 aliphatic heterocycles. The Morgan fingerprint density at radius 2 is 2.11 bits per heavy atom. The third-order valence-corrected chi connectivity index (χ3v) is 3.43. The summed E-state index contributed by atoms with van der Waals surface area (Å²) in [6, 6.07) is 1.83. The minimum atomic E-state index is -0.920. The topological polar surface area (TPSA) is 38.3 Å². The minimum absolute atomic E-state index is 0.114. The van der Waals surface area contributed by atoms with Crippen LogP contribution in [0.3, 0.4) is 0 Å². The lowest BCUT2D eigenvalue weighted by atomic mass is 10.1. The van der Waals surface area contributed by atoms with Gasteiger partial charge in [0.25, 0.3) is 0 Å². The van der Waals surface area contributed by atoms with Crippen molar-refractivity contribution in [2.45, 2.75) is 13.3 Å². The fourth-order valence-corrected chi connectivity index (χ4v) is 2.13. The van der Waals surface area contributed by atoms with Crippen LogP contribution < -0.4 is 5.32 Å². The summed E-state index contributed by atoms with van der Waals surface area (Å²) in [5, 5.41) is 2.86. The molecule has 0 bridgehead atoms. The highest BCUT2D eigenvalue weighted by atomic mass is 32.2. The Bertz CT molecular complexity index is 441. The second kappa shape index (κ2) is 7.99. The zero-order chi connectivity index (χ0) is 14.3. The van der Waals surface area contributed by atoms with Gasteiger partial charge in [-0.05, 0) is 24.0 Å². The number of thioether (sulfide) groups is 1. The van der Waals surface area contributed by atoms with Crippen LogP contribution >= 0.6 is 11.8 Å². The Morgan fingerprint density at radius 3 is 2.74 bits per heavy atom. The molecule has 1 aromatic rings. The first-order chi connectivity index (χ1) is 9.10. The highest BCUT2D eigenvalue weighted by Gasteiger charge is 2.16. The van der Waals surface area contributed by atoms with Crippen LogP contribution in [0.5, 0.6) is 0 Å². The molecule has 0 aliphatic carbocycles. The van der Waals surface area contributed by atoms with Gasteiger partial charge in [-0.1, -0.05) is 6.92 Å². The highest BCUT2D eigenvalue weighted by molar-refractivity contribution is 7.99. The van der Waals surface area contributed by atoms with Crippen molar-refractivity contribution in [1.29, 1.82) is 0 Å². The number of rotatable bonds is 7. The van der Waals surface area contributed by atoms with Crippen molar-refractivity contribution in [2.75, 3.05) is 30.5 Å². The molecule has 0 amide bonds. The van der Waals surface area contributed by atoms with Crippen LogP contribution in [0.2, 0.25) is 0 Å². The van der Waals surface area contributed by atoms with Crippen molar-refractivity contribution in [1.82, 2.24) is 0 Å². The van der Waals surface area contributed by atoms with Gasteiger partial charge in [0.2, 0.25) is 0 Å². The molecule has 0 unspecified atom stereocenters. The number of hydrogen-bond acceptors (Lipinski definition) is 4. The van der Waals surface area contributed by atoms with Gasteiger partial charge < -0.3 is 10.1 Å². The molecule has 0 radical (unpaired) electrons. The van der Waals surface area contributed by atoms with E-state index in [-0.39, 0.29) is 11.3 Å². The molecular formula is C13H17F2NO2S. The van der Waals surface area contributed by atoms with E-state index in [0.29, 0.717) is 12.6 Å². The summed E-state index contributed by atoms with van der Waals surface area (Å²) >= 11 is 1.79. The maximum absolute atomic E-state index is 13.5. The van der Waals surface area contributed by atoms with Crippen LogP contribution in [0.15, 0.2) is 12.1 Å². The smallest absolute Gasteiger partial charge is 0.340 e. The van der Waals surface area contributed by atoms with E-state index in [4.69, 9.17) is 0 Å². The van der Waals surface area contributed by atoms with Gasteiger partial charge in [0.15, 0.2) is 0 Å². The highest BCUT2D eigenvalue weighted by Crippen LogP contribution is 2.20. The van der Waals surface area contributed by atoms with Gasteiger partial charge >= 0.3 is 5.97 Å². The van der Waals surface area contributed by atoms with E-state index >= 15 is 0 Å². The number of ether oxygens (including phenoxy) is 1. The monoisotopic (exact) mass is 289 g/mol. The maximum atomic E-state index is 13.5. The predicted molar refractivity (Wildman–Crippen MR) is 73.8 cm³/mol. The number of benzene rings is 1. The normalized spacial score (nSPS) is 10.3. The van der Waals surface area contributed by atoms with Gasteiger partial charge in [0, 0.05) is 12.6 Å². The molecule has 6 heteroatoms.